The van der Waals surface area contributed by atoms with Crippen molar-refractivity contribution < 1.29 is 0 Å². The van der Waals surface area contributed by atoms with E-state index in [0.29, 0.717) is 11.0 Å². The van der Waals surface area contributed by atoms with Crippen molar-refractivity contribution in [2.45, 2.75) is 5.16 Å². The first-order valence-electron chi connectivity index (χ1n) is 4.23. The van der Waals surface area contributed by atoms with Gasteiger partial charge in [-0.25, -0.2) is 9.97 Å². The molecular weight excluding hydrogens is 212 g/mol. The average molecular weight is 220 g/mol. The van der Waals surface area contributed by atoms with Crippen LogP contribution in [0.2, 0.25) is 0 Å². The summed E-state index contributed by atoms with van der Waals surface area (Å²) in [4.78, 5) is 19.6. The van der Waals surface area contributed by atoms with Crippen LogP contribution in [0.15, 0.2) is 40.5 Å². The highest BCUT2D eigenvalue weighted by Crippen LogP contribution is 2.08. The van der Waals surface area contributed by atoms with Gasteiger partial charge in [0.15, 0.2) is 11.0 Å². The van der Waals surface area contributed by atoms with E-state index in [2.05, 4.69) is 15.1 Å². The predicted molar refractivity (Wildman–Crippen MR) is 57.2 cm³/mol. The number of nitrogens with zero attached hydrogens (tertiary/aromatic N) is 4. The van der Waals surface area contributed by atoms with Crippen molar-refractivity contribution in [1.82, 2.24) is 19.7 Å². The molecule has 0 saturated heterocycles. The van der Waals surface area contributed by atoms with Crippen LogP contribution in [-0.2, 0) is 0 Å². The van der Waals surface area contributed by atoms with Gasteiger partial charge in [0.1, 0.15) is 0 Å². The largest absolute Gasteiger partial charge is 0.272 e. The lowest BCUT2D eigenvalue weighted by atomic mass is 10.5. The third kappa shape index (κ3) is 2.04. The molecule has 0 atom stereocenters. The zero-order valence-electron chi connectivity index (χ0n) is 7.99. The second-order valence-corrected chi connectivity index (χ2v) is 3.45. The molecule has 0 aromatic carbocycles. The number of hydrogen-bond donors (Lipinski definition) is 0. The minimum atomic E-state index is -0.205. The lowest BCUT2D eigenvalue weighted by Crippen LogP contribution is -2.20. The van der Waals surface area contributed by atoms with Gasteiger partial charge in [0, 0.05) is 24.5 Å². The van der Waals surface area contributed by atoms with Gasteiger partial charge in [-0.05, 0) is 12.3 Å². The molecule has 0 fully saturated rings. The Morgan fingerprint density at radius 3 is 2.93 bits per heavy atom. The number of rotatable bonds is 2. The molecule has 0 aliphatic carbocycles. The van der Waals surface area contributed by atoms with Gasteiger partial charge in [-0.3, -0.25) is 4.79 Å². The number of hydrogen-bond acceptors (Lipinski definition) is 5. The molecule has 0 amide bonds. The van der Waals surface area contributed by atoms with E-state index >= 15 is 0 Å². The molecule has 0 spiro atoms. The van der Waals surface area contributed by atoms with E-state index < -0.39 is 0 Å². The lowest BCUT2D eigenvalue weighted by Gasteiger charge is -2.02. The van der Waals surface area contributed by atoms with Gasteiger partial charge in [0.25, 0.3) is 5.56 Å². The van der Waals surface area contributed by atoms with E-state index in [1.165, 1.54) is 22.5 Å². The van der Waals surface area contributed by atoms with Crippen molar-refractivity contribution in [2.75, 3.05) is 6.26 Å². The van der Waals surface area contributed by atoms with Gasteiger partial charge >= 0.3 is 0 Å². The van der Waals surface area contributed by atoms with Crippen LogP contribution in [0.25, 0.3) is 5.82 Å². The molecule has 76 valence electrons. The normalized spacial score (nSPS) is 10.2. The van der Waals surface area contributed by atoms with E-state index in [1.54, 1.807) is 24.5 Å². The highest BCUT2D eigenvalue weighted by molar-refractivity contribution is 7.98. The first-order chi connectivity index (χ1) is 7.31. The van der Waals surface area contributed by atoms with Gasteiger partial charge in [0.05, 0.1) is 0 Å². The minimum Gasteiger partial charge on any atom is -0.267 e. The van der Waals surface area contributed by atoms with Crippen molar-refractivity contribution in [3.63, 3.8) is 0 Å². The first kappa shape index (κ1) is 9.85. The maximum absolute atomic E-state index is 11.5. The Hall–Kier alpha value is -1.69. The molecule has 0 N–H and O–H groups in total. The van der Waals surface area contributed by atoms with E-state index in [4.69, 9.17) is 0 Å². The molecule has 2 aromatic heterocycles. The van der Waals surface area contributed by atoms with Crippen LogP contribution in [0.5, 0.6) is 0 Å². The van der Waals surface area contributed by atoms with Gasteiger partial charge in [0.2, 0.25) is 0 Å². The molecule has 0 aliphatic heterocycles. The van der Waals surface area contributed by atoms with Gasteiger partial charge in [-0.15, -0.1) is 0 Å². The summed E-state index contributed by atoms with van der Waals surface area (Å²) < 4.78 is 1.24. The standard InChI is InChI=1S/C9H8N4OS/c1-15-9-10-6-4-7(12-9)13-8(14)3-2-5-11-13/h2-6H,1H3. The predicted octanol–water partition coefficient (Wildman–Crippen LogP) is 0.744. The molecule has 0 unspecified atom stereocenters. The van der Waals surface area contributed by atoms with Crippen LogP contribution in [0.1, 0.15) is 0 Å². The molecule has 2 heterocycles. The van der Waals surface area contributed by atoms with Crippen LogP contribution in [-0.4, -0.2) is 26.0 Å². The molecule has 2 rings (SSSR count). The molecular formula is C9H8N4OS. The van der Waals surface area contributed by atoms with Crippen LogP contribution in [0.4, 0.5) is 0 Å². The van der Waals surface area contributed by atoms with E-state index in [9.17, 15) is 4.79 Å². The minimum absolute atomic E-state index is 0.205. The first-order valence-corrected chi connectivity index (χ1v) is 5.45. The summed E-state index contributed by atoms with van der Waals surface area (Å²) in [5, 5.41) is 4.54. The summed E-state index contributed by atoms with van der Waals surface area (Å²) in [6, 6.07) is 4.68. The summed E-state index contributed by atoms with van der Waals surface area (Å²) in [6.45, 7) is 0. The molecule has 6 heteroatoms. The topological polar surface area (TPSA) is 60.7 Å². The Kier molecular flexibility index (Phi) is 2.77. The van der Waals surface area contributed by atoms with Crippen LogP contribution in [0, 0.1) is 0 Å². The third-order valence-electron chi connectivity index (χ3n) is 1.73. The zero-order valence-corrected chi connectivity index (χ0v) is 8.81. The SMILES string of the molecule is CSc1nccc(-n2ncccc2=O)n1. The van der Waals surface area contributed by atoms with Crippen molar-refractivity contribution in [2.24, 2.45) is 0 Å². The van der Waals surface area contributed by atoms with Gasteiger partial charge < -0.3 is 0 Å². The maximum Gasteiger partial charge on any atom is 0.272 e. The van der Waals surface area contributed by atoms with Gasteiger partial charge in [-0.1, -0.05) is 11.8 Å². The summed E-state index contributed by atoms with van der Waals surface area (Å²) in [7, 11) is 0. The Balaban J connectivity index is 2.54. The fraction of sp³-hybridized carbons (Fsp3) is 0.111. The average Bonchev–Trinajstić information content (AvgIpc) is 2.30. The van der Waals surface area contributed by atoms with Crippen LogP contribution < -0.4 is 5.56 Å². The Labute approximate surface area is 90.2 Å². The maximum atomic E-state index is 11.5. The summed E-state index contributed by atoms with van der Waals surface area (Å²) >= 11 is 1.42. The second kappa shape index (κ2) is 4.22. The Morgan fingerprint density at radius 2 is 2.20 bits per heavy atom. The quantitative estimate of drug-likeness (QED) is 0.552. The smallest absolute Gasteiger partial charge is 0.267 e. The molecule has 2 aromatic rings. The number of thioether (sulfide) groups is 1. The lowest BCUT2D eigenvalue weighted by molar-refractivity contribution is 0.757. The van der Waals surface area contributed by atoms with E-state index in [-0.39, 0.29) is 5.56 Å². The summed E-state index contributed by atoms with van der Waals surface area (Å²) in [5.41, 5.74) is -0.205. The number of aromatic nitrogens is 4. The molecule has 0 bridgehead atoms. The second-order valence-electron chi connectivity index (χ2n) is 2.68. The van der Waals surface area contributed by atoms with Crippen LogP contribution >= 0.6 is 11.8 Å². The van der Waals surface area contributed by atoms with Crippen molar-refractivity contribution in [3.05, 3.63) is 40.9 Å². The molecule has 0 saturated carbocycles. The fourth-order valence-corrected chi connectivity index (χ4v) is 1.43. The Bertz CT molecular complexity index is 525. The highest BCUT2D eigenvalue weighted by Gasteiger charge is 2.02. The van der Waals surface area contributed by atoms with Gasteiger partial charge in [-0.2, -0.15) is 9.78 Å². The molecule has 0 radical (unpaired) electrons. The zero-order chi connectivity index (χ0) is 10.7. The molecule has 0 aliphatic rings. The van der Waals surface area contributed by atoms with Crippen molar-refractivity contribution >= 4 is 11.8 Å². The monoisotopic (exact) mass is 220 g/mol. The third-order valence-corrected chi connectivity index (χ3v) is 2.30. The van der Waals surface area contributed by atoms with Crippen LogP contribution in [0.3, 0.4) is 0 Å². The molecule has 15 heavy (non-hydrogen) atoms. The van der Waals surface area contributed by atoms with Crippen molar-refractivity contribution in [3.8, 4) is 5.82 Å². The summed E-state index contributed by atoms with van der Waals surface area (Å²) in [6.07, 6.45) is 5.03. The summed E-state index contributed by atoms with van der Waals surface area (Å²) in [5.74, 6) is 0.486. The van der Waals surface area contributed by atoms with Crippen molar-refractivity contribution in [1.29, 1.82) is 0 Å². The highest BCUT2D eigenvalue weighted by atomic mass is 32.2. The van der Waals surface area contributed by atoms with E-state index in [1.807, 2.05) is 6.26 Å². The Morgan fingerprint density at radius 1 is 1.33 bits per heavy atom. The fourth-order valence-electron chi connectivity index (χ4n) is 1.08. The molecule has 5 nitrogen and oxygen atoms in total. The van der Waals surface area contributed by atoms with E-state index in [0.717, 1.165) is 0 Å².